The van der Waals surface area contributed by atoms with Gasteiger partial charge in [0.1, 0.15) is 6.26 Å². The number of aromatic nitrogens is 2. The summed E-state index contributed by atoms with van der Waals surface area (Å²) >= 11 is 0. The Labute approximate surface area is 135 Å². The van der Waals surface area contributed by atoms with Gasteiger partial charge in [0.15, 0.2) is 0 Å². The highest BCUT2D eigenvalue weighted by molar-refractivity contribution is 5.93. The van der Waals surface area contributed by atoms with E-state index in [2.05, 4.69) is 5.10 Å². The molecule has 0 atom stereocenters. The summed E-state index contributed by atoms with van der Waals surface area (Å²) in [5.41, 5.74) is 4.60. The molecule has 0 N–H and O–H groups in total. The van der Waals surface area contributed by atoms with Crippen molar-refractivity contribution in [1.82, 2.24) is 14.7 Å². The molecule has 0 saturated carbocycles. The molecule has 2 heterocycles. The first kappa shape index (κ1) is 15.1. The lowest BCUT2D eigenvalue weighted by Crippen LogP contribution is -2.26. The minimum absolute atomic E-state index is 0.0648. The highest BCUT2D eigenvalue weighted by Gasteiger charge is 2.18. The fraction of sp³-hybridized carbons (Fsp3) is 0.222. The fourth-order valence-electron chi connectivity index (χ4n) is 2.64. The molecular formula is C18H19N3O2. The molecule has 118 valence electrons. The first-order valence-corrected chi connectivity index (χ1v) is 7.46. The lowest BCUT2D eigenvalue weighted by Gasteiger charge is -2.16. The molecule has 0 unspecified atom stereocenters. The fourth-order valence-corrected chi connectivity index (χ4v) is 2.64. The summed E-state index contributed by atoms with van der Waals surface area (Å²) in [4.78, 5) is 14.0. The molecule has 0 aliphatic heterocycles. The molecule has 0 bridgehead atoms. The molecule has 2 aromatic heterocycles. The van der Waals surface area contributed by atoms with Gasteiger partial charge in [-0.05, 0) is 32.0 Å². The van der Waals surface area contributed by atoms with Crippen molar-refractivity contribution in [3.05, 3.63) is 71.4 Å². The molecule has 0 aliphatic rings. The SMILES string of the molecule is Cc1nn(-c2ccccc2)c(C)c1CN(C)C(=O)c1ccoc1. The van der Waals surface area contributed by atoms with Gasteiger partial charge in [0.2, 0.25) is 0 Å². The van der Waals surface area contributed by atoms with Crippen molar-refractivity contribution in [2.45, 2.75) is 20.4 Å². The third-order valence-corrected chi connectivity index (χ3v) is 3.95. The van der Waals surface area contributed by atoms with Gasteiger partial charge in [-0.1, -0.05) is 18.2 Å². The first-order valence-electron chi connectivity index (χ1n) is 7.46. The smallest absolute Gasteiger partial charge is 0.257 e. The standard InChI is InChI=1S/C18H19N3O2/c1-13-17(11-20(3)18(22)15-9-10-23-12-15)14(2)21(19-13)16-7-5-4-6-8-16/h4-10,12H,11H2,1-3H3. The van der Waals surface area contributed by atoms with E-state index in [0.717, 1.165) is 22.6 Å². The van der Waals surface area contributed by atoms with E-state index in [1.54, 1.807) is 18.0 Å². The highest BCUT2D eigenvalue weighted by Crippen LogP contribution is 2.20. The van der Waals surface area contributed by atoms with Gasteiger partial charge in [-0.25, -0.2) is 4.68 Å². The van der Waals surface area contributed by atoms with Crippen LogP contribution in [0.25, 0.3) is 5.69 Å². The summed E-state index contributed by atoms with van der Waals surface area (Å²) in [5, 5.41) is 4.62. The number of aryl methyl sites for hydroxylation is 1. The van der Waals surface area contributed by atoms with Crippen LogP contribution >= 0.6 is 0 Å². The maximum Gasteiger partial charge on any atom is 0.257 e. The molecule has 5 heteroatoms. The second-order valence-corrected chi connectivity index (χ2v) is 5.57. The quantitative estimate of drug-likeness (QED) is 0.742. The number of furan rings is 1. The summed E-state index contributed by atoms with van der Waals surface area (Å²) in [6.45, 7) is 4.50. The number of hydrogen-bond acceptors (Lipinski definition) is 3. The van der Waals surface area contributed by atoms with Gasteiger partial charge in [0, 0.05) is 24.8 Å². The molecule has 23 heavy (non-hydrogen) atoms. The Bertz CT molecular complexity index is 804. The molecule has 0 saturated heterocycles. The van der Waals surface area contributed by atoms with Crippen LogP contribution in [0.15, 0.2) is 53.3 Å². The van der Waals surface area contributed by atoms with E-state index < -0.39 is 0 Å². The number of benzene rings is 1. The van der Waals surface area contributed by atoms with E-state index in [0.29, 0.717) is 12.1 Å². The van der Waals surface area contributed by atoms with Gasteiger partial charge in [-0.15, -0.1) is 0 Å². The second kappa shape index (κ2) is 6.12. The summed E-state index contributed by atoms with van der Waals surface area (Å²) in [6, 6.07) is 11.7. The number of carbonyl (C=O) groups excluding carboxylic acids is 1. The molecule has 3 rings (SSSR count). The van der Waals surface area contributed by atoms with Crippen molar-refractivity contribution < 1.29 is 9.21 Å². The summed E-state index contributed by atoms with van der Waals surface area (Å²) in [6.07, 6.45) is 2.97. The number of rotatable bonds is 4. The lowest BCUT2D eigenvalue weighted by atomic mass is 10.1. The van der Waals surface area contributed by atoms with E-state index in [1.807, 2.05) is 48.9 Å². The van der Waals surface area contributed by atoms with E-state index in [9.17, 15) is 4.79 Å². The Morgan fingerprint density at radius 2 is 1.96 bits per heavy atom. The molecule has 5 nitrogen and oxygen atoms in total. The number of nitrogens with zero attached hydrogens (tertiary/aromatic N) is 3. The molecular weight excluding hydrogens is 290 g/mol. The third-order valence-electron chi connectivity index (χ3n) is 3.95. The number of amides is 1. The van der Waals surface area contributed by atoms with Crippen LogP contribution in [-0.4, -0.2) is 27.6 Å². The van der Waals surface area contributed by atoms with Crippen LogP contribution in [-0.2, 0) is 6.54 Å². The number of carbonyl (C=O) groups is 1. The van der Waals surface area contributed by atoms with E-state index >= 15 is 0 Å². The largest absolute Gasteiger partial charge is 0.472 e. The van der Waals surface area contributed by atoms with Gasteiger partial charge in [0.05, 0.1) is 23.2 Å². The Balaban J connectivity index is 1.86. The van der Waals surface area contributed by atoms with Gasteiger partial charge in [-0.3, -0.25) is 4.79 Å². The monoisotopic (exact) mass is 309 g/mol. The van der Waals surface area contributed by atoms with Gasteiger partial charge in [0.25, 0.3) is 5.91 Å². The molecule has 0 fully saturated rings. The first-order chi connectivity index (χ1) is 11.1. The van der Waals surface area contributed by atoms with Gasteiger partial charge >= 0.3 is 0 Å². The number of hydrogen-bond donors (Lipinski definition) is 0. The van der Waals surface area contributed by atoms with E-state index in [4.69, 9.17) is 4.42 Å². The summed E-state index contributed by atoms with van der Waals surface area (Å²) < 4.78 is 6.90. The third kappa shape index (κ3) is 2.90. The Morgan fingerprint density at radius 1 is 1.22 bits per heavy atom. The van der Waals surface area contributed by atoms with Crippen LogP contribution in [0, 0.1) is 13.8 Å². The predicted molar refractivity (Wildman–Crippen MR) is 87.5 cm³/mol. The Hall–Kier alpha value is -2.82. The zero-order valence-corrected chi connectivity index (χ0v) is 13.5. The average Bonchev–Trinajstić information content (AvgIpc) is 3.19. The van der Waals surface area contributed by atoms with Crippen LogP contribution in [0.5, 0.6) is 0 Å². The minimum Gasteiger partial charge on any atom is -0.472 e. The highest BCUT2D eigenvalue weighted by atomic mass is 16.3. The summed E-state index contributed by atoms with van der Waals surface area (Å²) in [7, 11) is 1.79. The predicted octanol–water partition coefficient (Wildman–Crippen LogP) is 3.35. The normalized spacial score (nSPS) is 10.7. The molecule has 0 radical (unpaired) electrons. The van der Waals surface area contributed by atoms with Gasteiger partial charge in [-0.2, -0.15) is 5.10 Å². The van der Waals surface area contributed by atoms with Crippen molar-refractivity contribution in [2.24, 2.45) is 0 Å². The van der Waals surface area contributed by atoms with E-state index in [1.165, 1.54) is 12.5 Å². The maximum absolute atomic E-state index is 12.3. The van der Waals surface area contributed by atoms with Gasteiger partial charge < -0.3 is 9.32 Å². The molecule has 0 aliphatic carbocycles. The van der Waals surface area contributed by atoms with Crippen LogP contribution in [0.1, 0.15) is 27.3 Å². The van der Waals surface area contributed by atoms with Crippen molar-refractivity contribution in [3.8, 4) is 5.69 Å². The second-order valence-electron chi connectivity index (χ2n) is 5.57. The topological polar surface area (TPSA) is 51.3 Å². The van der Waals surface area contributed by atoms with E-state index in [-0.39, 0.29) is 5.91 Å². The molecule has 1 aromatic carbocycles. The Morgan fingerprint density at radius 3 is 2.61 bits per heavy atom. The van der Waals surface area contributed by atoms with Crippen molar-refractivity contribution in [2.75, 3.05) is 7.05 Å². The average molecular weight is 309 g/mol. The molecule has 0 spiro atoms. The Kier molecular flexibility index (Phi) is 4.02. The summed E-state index contributed by atoms with van der Waals surface area (Å²) in [5.74, 6) is -0.0648. The molecule has 3 aromatic rings. The zero-order chi connectivity index (χ0) is 16.4. The lowest BCUT2D eigenvalue weighted by molar-refractivity contribution is 0.0784. The van der Waals surface area contributed by atoms with Crippen LogP contribution < -0.4 is 0 Å². The van der Waals surface area contributed by atoms with Crippen molar-refractivity contribution in [3.63, 3.8) is 0 Å². The minimum atomic E-state index is -0.0648. The van der Waals surface area contributed by atoms with Crippen LogP contribution in [0.2, 0.25) is 0 Å². The van der Waals surface area contributed by atoms with Crippen LogP contribution in [0.3, 0.4) is 0 Å². The molecule has 1 amide bonds. The van der Waals surface area contributed by atoms with Crippen LogP contribution in [0.4, 0.5) is 0 Å². The zero-order valence-electron chi connectivity index (χ0n) is 13.5. The van der Waals surface area contributed by atoms with Crippen molar-refractivity contribution >= 4 is 5.91 Å². The number of para-hydroxylation sites is 1. The van der Waals surface area contributed by atoms with Crippen molar-refractivity contribution in [1.29, 1.82) is 0 Å². The maximum atomic E-state index is 12.3.